The SMILES string of the molecule is CCCCCC(CC)C1CC1. The summed E-state index contributed by atoms with van der Waals surface area (Å²) in [5.41, 5.74) is 0. The van der Waals surface area contributed by atoms with Gasteiger partial charge >= 0.3 is 0 Å². The minimum Gasteiger partial charge on any atom is -0.0654 e. The maximum absolute atomic E-state index is 2.36. The van der Waals surface area contributed by atoms with Crippen molar-refractivity contribution in [1.82, 2.24) is 0 Å². The summed E-state index contributed by atoms with van der Waals surface area (Å²) < 4.78 is 0. The molecule has 1 unspecified atom stereocenters. The smallest absolute Gasteiger partial charge is 0.0386 e. The van der Waals surface area contributed by atoms with Gasteiger partial charge in [0, 0.05) is 0 Å². The third-order valence-corrected chi connectivity index (χ3v) is 2.99. The van der Waals surface area contributed by atoms with E-state index in [4.69, 9.17) is 0 Å². The Labute approximate surface area is 71.4 Å². The van der Waals surface area contributed by atoms with Gasteiger partial charge in [-0.05, 0) is 24.7 Å². The van der Waals surface area contributed by atoms with Crippen molar-refractivity contribution in [2.45, 2.75) is 58.8 Å². The van der Waals surface area contributed by atoms with Gasteiger partial charge < -0.3 is 0 Å². The molecule has 1 rings (SSSR count). The summed E-state index contributed by atoms with van der Waals surface area (Å²) in [5, 5.41) is 0. The first-order chi connectivity index (χ1) is 5.38. The lowest BCUT2D eigenvalue weighted by molar-refractivity contribution is 0.396. The van der Waals surface area contributed by atoms with Gasteiger partial charge in [-0.1, -0.05) is 46.0 Å². The van der Waals surface area contributed by atoms with Gasteiger partial charge in [-0.2, -0.15) is 0 Å². The minimum absolute atomic E-state index is 1.08. The molecule has 0 nitrogen and oxygen atoms in total. The van der Waals surface area contributed by atoms with Crippen molar-refractivity contribution in [3.8, 4) is 0 Å². The zero-order valence-electron chi connectivity index (χ0n) is 8.10. The molecule has 0 saturated heterocycles. The van der Waals surface area contributed by atoms with E-state index in [0.717, 1.165) is 11.8 Å². The Hall–Kier alpha value is 0. The Morgan fingerprint density at radius 3 is 2.36 bits per heavy atom. The van der Waals surface area contributed by atoms with Crippen LogP contribution in [0.5, 0.6) is 0 Å². The summed E-state index contributed by atoms with van der Waals surface area (Å²) in [6.45, 7) is 4.65. The monoisotopic (exact) mass is 154 g/mol. The quantitative estimate of drug-likeness (QED) is 0.507. The fraction of sp³-hybridized carbons (Fsp3) is 1.00. The Morgan fingerprint density at radius 2 is 1.91 bits per heavy atom. The van der Waals surface area contributed by atoms with E-state index in [1.807, 2.05) is 0 Å². The molecule has 0 N–H and O–H groups in total. The number of hydrogen-bond acceptors (Lipinski definition) is 0. The van der Waals surface area contributed by atoms with Crippen molar-refractivity contribution < 1.29 is 0 Å². The van der Waals surface area contributed by atoms with Crippen molar-refractivity contribution in [3.05, 3.63) is 0 Å². The third kappa shape index (κ3) is 3.27. The lowest BCUT2D eigenvalue weighted by Gasteiger charge is -2.12. The molecular weight excluding hydrogens is 132 g/mol. The number of hydrogen-bond donors (Lipinski definition) is 0. The molecule has 0 heteroatoms. The van der Waals surface area contributed by atoms with Gasteiger partial charge in [-0.3, -0.25) is 0 Å². The first kappa shape index (κ1) is 9.09. The third-order valence-electron chi connectivity index (χ3n) is 2.99. The summed E-state index contributed by atoms with van der Waals surface area (Å²) in [6.07, 6.45) is 10.3. The van der Waals surface area contributed by atoms with Gasteiger partial charge in [-0.25, -0.2) is 0 Å². The predicted molar refractivity (Wildman–Crippen MR) is 50.6 cm³/mol. The topological polar surface area (TPSA) is 0 Å². The average molecular weight is 154 g/mol. The van der Waals surface area contributed by atoms with E-state index < -0.39 is 0 Å². The maximum atomic E-state index is 2.36. The van der Waals surface area contributed by atoms with Crippen molar-refractivity contribution in [3.63, 3.8) is 0 Å². The highest BCUT2D eigenvalue weighted by Crippen LogP contribution is 2.40. The lowest BCUT2D eigenvalue weighted by atomic mass is 9.94. The van der Waals surface area contributed by atoms with Gasteiger partial charge in [0.25, 0.3) is 0 Å². The standard InChI is InChI=1S/C11H22/c1-3-5-6-7-10(4-2)11-8-9-11/h10-11H,3-9H2,1-2H3. The molecule has 0 bridgehead atoms. The predicted octanol–water partition coefficient (Wildman–Crippen LogP) is 4.00. The van der Waals surface area contributed by atoms with Crippen molar-refractivity contribution in [1.29, 1.82) is 0 Å². The van der Waals surface area contributed by atoms with Crippen LogP contribution >= 0.6 is 0 Å². The molecule has 0 heterocycles. The van der Waals surface area contributed by atoms with Crippen LogP contribution in [0.1, 0.15) is 58.8 Å². The van der Waals surface area contributed by atoms with Crippen molar-refractivity contribution >= 4 is 0 Å². The van der Waals surface area contributed by atoms with Gasteiger partial charge in [0.2, 0.25) is 0 Å². The summed E-state index contributed by atoms with van der Waals surface area (Å²) in [4.78, 5) is 0. The zero-order chi connectivity index (χ0) is 8.10. The highest BCUT2D eigenvalue weighted by atomic mass is 14.3. The molecule has 0 amide bonds. The van der Waals surface area contributed by atoms with Gasteiger partial charge in [-0.15, -0.1) is 0 Å². The van der Waals surface area contributed by atoms with E-state index in [-0.39, 0.29) is 0 Å². The molecule has 0 aromatic carbocycles. The van der Waals surface area contributed by atoms with Gasteiger partial charge in [0.05, 0.1) is 0 Å². The second-order valence-electron chi connectivity index (χ2n) is 4.00. The highest BCUT2D eigenvalue weighted by Gasteiger charge is 2.28. The fourth-order valence-electron chi connectivity index (χ4n) is 2.00. The maximum Gasteiger partial charge on any atom is -0.0386 e. The summed E-state index contributed by atoms with van der Waals surface area (Å²) >= 11 is 0. The number of rotatable bonds is 6. The fourth-order valence-corrected chi connectivity index (χ4v) is 2.00. The van der Waals surface area contributed by atoms with Crippen LogP contribution in [0.15, 0.2) is 0 Å². The molecule has 0 spiro atoms. The van der Waals surface area contributed by atoms with Crippen LogP contribution < -0.4 is 0 Å². The Bertz CT molecular complexity index is 92.2. The molecule has 1 aliphatic carbocycles. The Morgan fingerprint density at radius 1 is 1.18 bits per heavy atom. The van der Waals surface area contributed by atoms with Crippen LogP contribution in [0.4, 0.5) is 0 Å². The summed E-state index contributed by atoms with van der Waals surface area (Å²) in [6, 6.07) is 0. The van der Waals surface area contributed by atoms with E-state index in [1.54, 1.807) is 0 Å². The zero-order valence-corrected chi connectivity index (χ0v) is 8.10. The van der Waals surface area contributed by atoms with Crippen LogP contribution in [0, 0.1) is 11.8 Å². The van der Waals surface area contributed by atoms with Gasteiger partial charge in [0.15, 0.2) is 0 Å². The normalized spacial score (nSPS) is 20.2. The second-order valence-corrected chi connectivity index (χ2v) is 4.00. The molecule has 11 heavy (non-hydrogen) atoms. The van der Waals surface area contributed by atoms with Crippen LogP contribution in [-0.4, -0.2) is 0 Å². The lowest BCUT2D eigenvalue weighted by Crippen LogP contribution is -2.00. The molecule has 1 fully saturated rings. The van der Waals surface area contributed by atoms with Crippen LogP contribution in [0.25, 0.3) is 0 Å². The minimum atomic E-state index is 1.08. The molecule has 66 valence electrons. The highest BCUT2D eigenvalue weighted by molar-refractivity contribution is 4.80. The van der Waals surface area contributed by atoms with Crippen LogP contribution in [0.2, 0.25) is 0 Å². The first-order valence-corrected chi connectivity index (χ1v) is 5.38. The summed E-state index contributed by atoms with van der Waals surface area (Å²) in [7, 11) is 0. The molecule has 1 atom stereocenters. The number of unbranched alkanes of at least 4 members (excludes halogenated alkanes) is 2. The molecular formula is C11H22. The largest absolute Gasteiger partial charge is 0.0654 e. The summed E-state index contributed by atoms with van der Waals surface area (Å²) in [5.74, 6) is 2.22. The van der Waals surface area contributed by atoms with Crippen LogP contribution in [-0.2, 0) is 0 Å². The van der Waals surface area contributed by atoms with E-state index in [1.165, 1.54) is 44.9 Å². The van der Waals surface area contributed by atoms with Gasteiger partial charge in [0.1, 0.15) is 0 Å². The molecule has 0 aromatic rings. The Balaban J connectivity index is 2.01. The van der Waals surface area contributed by atoms with Crippen molar-refractivity contribution in [2.75, 3.05) is 0 Å². The molecule has 0 radical (unpaired) electrons. The Kier molecular flexibility index (Phi) is 3.96. The molecule has 1 aliphatic rings. The van der Waals surface area contributed by atoms with Crippen molar-refractivity contribution in [2.24, 2.45) is 11.8 Å². The molecule has 0 aliphatic heterocycles. The van der Waals surface area contributed by atoms with Crippen LogP contribution in [0.3, 0.4) is 0 Å². The van der Waals surface area contributed by atoms with E-state index in [0.29, 0.717) is 0 Å². The average Bonchev–Trinajstić information content (AvgIpc) is 2.81. The molecule has 1 saturated carbocycles. The second kappa shape index (κ2) is 4.79. The molecule has 0 aromatic heterocycles. The van der Waals surface area contributed by atoms with E-state index in [2.05, 4.69) is 13.8 Å². The van der Waals surface area contributed by atoms with E-state index >= 15 is 0 Å². The van der Waals surface area contributed by atoms with E-state index in [9.17, 15) is 0 Å². The first-order valence-electron chi connectivity index (χ1n) is 5.38.